The van der Waals surface area contributed by atoms with E-state index in [1.807, 2.05) is 19.9 Å². The normalized spacial score (nSPS) is 13.6. The summed E-state index contributed by atoms with van der Waals surface area (Å²) in [5, 5.41) is 0. The molecule has 0 saturated heterocycles. The summed E-state index contributed by atoms with van der Waals surface area (Å²) in [6.07, 6.45) is -1.31. The van der Waals surface area contributed by atoms with Gasteiger partial charge in [-0.05, 0) is 56.9 Å². The van der Waals surface area contributed by atoms with E-state index in [1.165, 1.54) is 6.92 Å². The van der Waals surface area contributed by atoms with Gasteiger partial charge in [0, 0.05) is 5.56 Å². The molecule has 1 unspecified atom stereocenters. The van der Waals surface area contributed by atoms with Crippen LogP contribution >= 0.6 is 0 Å². The Morgan fingerprint density at radius 2 is 1.52 bits per heavy atom. The molecule has 0 aromatic heterocycles. The summed E-state index contributed by atoms with van der Waals surface area (Å²) in [6.45, 7) is 8.46. The van der Waals surface area contributed by atoms with Gasteiger partial charge < -0.3 is 10.5 Å². The van der Waals surface area contributed by atoms with Crippen molar-refractivity contribution < 1.29 is 22.7 Å². The number of esters is 1. The molecule has 0 fully saturated rings. The number of sulfonamides is 1. The standard InChI is InChI=1S/C21H26N2O5S/c1-12-11-13(2)15(4)19(14(12)3)29(26,27)23-16(5)21(25)28-18(20(22)24)17-9-7-6-8-10-17/h6-11,16,18,23H,1-5H3,(H2,22,24)/t16-,18?/m0/s1. The number of hydrogen-bond acceptors (Lipinski definition) is 5. The summed E-state index contributed by atoms with van der Waals surface area (Å²) in [6, 6.07) is 8.99. The van der Waals surface area contributed by atoms with E-state index in [-0.39, 0.29) is 4.90 Å². The molecule has 0 heterocycles. The van der Waals surface area contributed by atoms with E-state index in [1.54, 1.807) is 44.2 Å². The minimum Gasteiger partial charge on any atom is -0.446 e. The monoisotopic (exact) mass is 418 g/mol. The lowest BCUT2D eigenvalue weighted by Gasteiger charge is -2.21. The molecule has 2 rings (SSSR count). The first-order valence-corrected chi connectivity index (χ1v) is 10.6. The molecule has 0 saturated carbocycles. The van der Waals surface area contributed by atoms with Crippen LogP contribution in [0.5, 0.6) is 0 Å². The van der Waals surface area contributed by atoms with Crippen molar-refractivity contribution >= 4 is 21.9 Å². The summed E-state index contributed by atoms with van der Waals surface area (Å²) in [5.41, 5.74) is 8.65. The molecule has 29 heavy (non-hydrogen) atoms. The zero-order chi connectivity index (χ0) is 21.9. The number of rotatable bonds is 7. The van der Waals surface area contributed by atoms with Gasteiger partial charge >= 0.3 is 5.97 Å². The van der Waals surface area contributed by atoms with E-state index in [9.17, 15) is 18.0 Å². The number of carbonyl (C=O) groups excluding carboxylic acids is 2. The molecule has 2 aromatic rings. The van der Waals surface area contributed by atoms with E-state index in [2.05, 4.69) is 4.72 Å². The molecule has 8 heteroatoms. The summed E-state index contributed by atoms with van der Waals surface area (Å²) >= 11 is 0. The number of aryl methyl sites for hydroxylation is 2. The fourth-order valence-electron chi connectivity index (χ4n) is 3.06. The van der Waals surface area contributed by atoms with E-state index >= 15 is 0 Å². The molecule has 2 atom stereocenters. The first-order valence-electron chi connectivity index (χ1n) is 9.10. The van der Waals surface area contributed by atoms with Gasteiger partial charge in [0.15, 0.2) is 0 Å². The zero-order valence-electron chi connectivity index (χ0n) is 17.1. The largest absolute Gasteiger partial charge is 0.446 e. The van der Waals surface area contributed by atoms with Gasteiger partial charge in [-0.2, -0.15) is 4.72 Å². The fraction of sp³-hybridized carbons (Fsp3) is 0.333. The Morgan fingerprint density at radius 1 is 1.00 bits per heavy atom. The summed E-state index contributed by atoms with van der Waals surface area (Å²) in [4.78, 5) is 24.4. The van der Waals surface area contributed by atoms with Crippen LogP contribution in [0.4, 0.5) is 0 Å². The van der Waals surface area contributed by atoms with Crippen molar-refractivity contribution in [2.24, 2.45) is 5.73 Å². The van der Waals surface area contributed by atoms with Crippen molar-refractivity contribution in [1.29, 1.82) is 0 Å². The Morgan fingerprint density at radius 3 is 2.00 bits per heavy atom. The predicted molar refractivity (Wildman–Crippen MR) is 110 cm³/mol. The number of nitrogens with two attached hydrogens (primary N) is 1. The second kappa shape index (κ2) is 8.75. The lowest BCUT2D eigenvalue weighted by molar-refractivity contribution is -0.156. The summed E-state index contributed by atoms with van der Waals surface area (Å²) in [5.74, 6) is -1.75. The van der Waals surface area contributed by atoms with Gasteiger partial charge in [0.1, 0.15) is 6.04 Å². The van der Waals surface area contributed by atoms with Crippen LogP contribution in [0.2, 0.25) is 0 Å². The molecule has 0 radical (unpaired) electrons. The minimum absolute atomic E-state index is 0.143. The number of ether oxygens (including phenoxy) is 1. The number of amides is 1. The molecule has 3 N–H and O–H groups in total. The van der Waals surface area contributed by atoms with Gasteiger partial charge in [-0.1, -0.05) is 36.4 Å². The van der Waals surface area contributed by atoms with Crippen molar-refractivity contribution in [3.05, 3.63) is 64.2 Å². The molecule has 1 amide bonds. The molecular formula is C21H26N2O5S. The Bertz CT molecular complexity index is 1010. The third kappa shape index (κ3) is 5.02. The average Bonchev–Trinajstić information content (AvgIpc) is 2.64. The van der Waals surface area contributed by atoms with Crippen LogP contribution in [0.1, 0.15) is 40.8 Å². The van der Waals surface area contributed by atoms with Gasteiger partial charge in [-0.15, -0.1) is 0 Å². The minimum atomic E-state index is -4.00. The first-order chi connectivity index (χ1) is 13.5. The van der Waals surface area contributed by atoms with Crippen LogP contribution < -0.4 is 10.5 Å². The fourth-order valence-corrected chi connectivity index (χ4v) is 4.87. The maximum atomic E-state index is 13.0. The Kier molecular flexibility index (Phi) is 6.81. The highest BCUT2D eigenvalue weighted by Crippen LogP contribution is 2.26. The van der Waals surface area contributed by atoms with Crippen LogP contribution in [0.15, 0.2) is 41.3 Å². The van der Waals surface area contributed by atoms with E-state index in [0.717, 1.165) is 11.1 Å². The molecule has 0 spiro atoms. The van der Waals surface area contributed by atoms with Gasteiger partial charge in [0.2, 0.25) is 16.1 Å². The third-order valence-electron chi connectivity index (χ3n) is 4.85. The van der Waals surface area contributed by atoms with Crippen LogP contribution in [-0.2, 0) is 24.3 Å². The first kappa shape index (κ1) is 22.6. The average molecular weight is 419 g/mol. The number of primary amides is 1. The molecule has 0 aliphatic carbocycles. The molecule has 0 bridgehead atoms. The second-order valence-corrected chi connectivity index (χ2v) is 8.71. The van der Waals surface area contributed by atoms with E-state index < -0.39 is 34.0 Å². The highest BCUT2D eigenvalue weighted by atomic mass is 32.2. The highest BCUT2D eigenvalue weighted by Gasteiger charge is 2.30. The topological polar surface area (TPSA) is 116 Å². The van der Waals surface area contributed by atoms with Crippen LogP contribution in [0, 0.1) is 27.7 Å². The Balaban J connectivity index is 2.26. The molecule has 0 aliphatic rings. The second-order valence-electron chi connectivity index (χ2n) is 7.06. The van der Waals surface area contributed by atoms with Crippen LogP contribution in [0.25, 0.3) is 0 Å². The van der Waals surface area contributed by atoms with Crippen LogP contribution in [-0.4, -0.2) is 26.3 Å². The molecule has 7 nitrogen and oxygen atoms in total. The van der Waals surface area contributed by atoms with Gasteiger partial charge in [-0.25, -0.2) is 8.42 Å². The summed E-state index contributed by atoms with van der Waals surface area (Å²) in [7, 11) is -4.00. The van der Waals surface area contributed by atoms with Crippen molar-refractivity contribution in [3.63, 3.8) is 0 Å². The SMILES string of the molecule is Cc1cc(C)c(C)c(S(=O)(=O)N[C@@H](C)C(=O)OC(C(N)=O)c2ccccc2)c1C. The van der Waals surface area contributed by atoms with Crippen molar-refractivity contribution in [3.8, 4) is 0 Å². The maximum absolute atomic E-state index is 13.0. The molecule has 156 valence electrons. The van der Waals surface area contributed by atoms with Gasteiger partial charge in [0.25, 0.3) is 5.91 Å². The lowest BCUT2D eigenvalue weighted by Crippen LogP contribution is -2.41. The lowest BCUT2D eigenvalue weighted by atomic mass is 10.0. The highest BCUT2D eigenvalue weighted by molar-refractivity contribution is 7.89. The van der Waals surface area contributed by atoms with Gasteiger partial charge in [-0.3, -0.25) is 9.59 Å². The summed E-state index contributed by atoms with van der Waals surface area (Å²) < 4.78 is 33.5. The quantitative estimate of drug-likeness (QED) is 0.670. The zero-order valence-corrected chi connectivity index (χ0v) is 18.0. The van der Waals surface area contributed by atoms with Crippen molar-refractivity contribution in [2.75, 3.05) is 0 Å². The Hall–Kier alpha value is -2.71. The van der Waals surface area contributed by atoms with E-state index in [0.29, 0.717) is 16.7 Å². The number of hydrogen-bond donors (Lipinski definition) is 2. The van der Waals surface area contributed by atoms with Crippen LogP contribution in [0.3, 0.4) is 0 Å². The third-order valence-corrected chi connectivity index (χ3v) is 6.66. The number of nitrogens with one attached hydrogen (secondary N) is 1. The molecule has 2 aromatic carbocycles. The Labute approximate surface area is 171 Å². The van der Waals surface area contributed by atoms with Gasteiger partial charge in [0.05, 0.1) is 4.90 Å². The molecule has 0 aliphatic heterocycles. The number of carbonyl (C=O) groups is 2. The number of benzene rings is 2. The predicted octanol–water partition coefficient (Wildman–Crippen LogP) is 2.36. The van der Waals surface area contributed by atoms with Crippen molar-refractivity contribution in [2.45, 2.75) is 51.7 Å². The van der Waals surface area contributed by atoms with Crippen molar-refractivity contribution in [1.82, 2.24) is 4.72 Å². The van der Waals surface area contributed by atoms with E-state index in [4.69, 9.17) is 10.5 Å². The smallest absolute Gasteiger partial charge is 0.325 e. The molecular weight excluding hydrogens is 392 g/mol. The maximum Gasteiger partial charge on any atom is 0.325 e.